The van der Waals surface area contributed by atoms with Gasteiger partial charge in [-0.1, -0.05) is 202 Å². The van der Waals surface area contributed by atoms with Crippen LogP contribution in [-0.2, 0) is 6.18 Å². The molecule has 0 spiro atoms. The van der Waals surface area contributed by atoms with Crippen molar-refractivity contribution in [3.05, 3.63) is 390 Å². The Labute approximate surface area is 746 Å². The van der Waals surface area contributed by atoms with Gasteiger partial charge in [-0.3, -0.25) is 43.6 Å². The van der Waals surface area contributed by atoms with E-state index in [1.54, 1.807) is 63.2 Å². The number of alkyl halides is 3. The number of benzene rings is 17. The number of carbonyl (C=O) groups excluding carboxylic acids is 5. The molecule has 5 heterocycles. The van der Waals surface area contributed by atoms with Gasteiger partial charge in [-0.05, 0) is 246 Å². The molecule has 642 valence electrons. The van der Waals surface area contributed by atoms with E-state index < -0.39 is 17.6 Å². The van der Waals surface area contributed by atoms with Gasteiger partial charge in [0.25, 0.3) is 29.5 Å². The van der Waals surface area contributed by atoms with Crippen LogP contribution in [0.4, 0.5) is 81.4 Å². The highest BCUT2D eigenvalue weighted by molar-refractivity contribution is 6.33. The normalized spacial score (nSPS) is 12.9. The number of amides is 5. The Bertz CT molecular complexity index is 7350. The molecule has 22 heteroatoms. The summed E-state index contributed by atoms with van der Waals surface area (Å²) < 4.78 is 38.3. The molecule has 0 atom stereocenters. The van der Waals surface area contributed by atoms with E-state index in [2.05, 4.69) is 105 Å². The Morgan fingerprint density at radius 3 is 1.17 bits per heavy atom. The molecule has 22 rings (SSSR count). The van der Waals surface area contributed by atoms with Crippen LogP contribution in [0.5, 0.6) is 23.0 Å². The molecule has 0 aliphatic carbocycles. The number of anilines is 12. The van der Waals surface area contributed by atoms with E-state index >= 15 is 0 Å². The molecule has 0 fully saturated rings. The lowest BCUT2D eigenvalue weighted by Gasteiger charge is -2.26. The molecular formula is C108H85F3N10O9. The maximum Gasteiger partial charge on any atom is 0.416 e. The standard InChI is InChI=1S/C29H21N3O2.C23H23NO.C19H16N2O2.C19H14N2O2.C18H11F3N2O2/c30-34-26-19-14-20-8-7-13-25-27(20)28(26)29(33)32(25)24-17-15-23(16-18-24)31(21-9-3-1-4-10-21)22-11-5-2-6-12-22;1-15(2)13-14-24-21-12-11-18(17-9-7-16(3)8-10-17)19-5-4-6-20(22(19)21)23(24)25;1-11-8-12(2)10-14(9-11)21-15-5-3-4-13-6-7-16(23-20)18(17(13)15)19(21)22;1-2-12-5-3-7-14(11-12)21-15-8-4-6-13-9-10-16(23-20)18(17(13)15)19(21)22;19-18(20,21)11-5-7-12(8-6-11)23-13-3-1-2-10-4-9-14(25-22)16(15(10)13)17(23)24/h1-19H,30H2;4-12,15H,13-14H2,1-3H3;3-10H,20H2,1-2H3;2-11H,1,20H2;1-9H,22H2. The predicted octanol–water partition coefficient (Wildman–Crippen LogP) is 25.1. The molecule has 5 aliphatic rings. The average Bonchev–Trinajstić information content (AvgIpc) is 1.61. The zero-order chi connectivity index (χ0) is 90.5. The van der Waals surface area contributed by atoms with Crippen LogP contribution < -0.4 is 72.3 Å². The van der Waals surface area contributed by atoms with Crippen LogP contribution in [0.2, 0.25) is 0 Å². The molecule has 0 saturated heterocycles. The topological polar surface area (TPSA) is 246 Å². The summed E-state index contributed by atoms with van der Waals surface area (Å²) in [6, 6.07) is 103. The van der Waals surface area contributed by atoms with Crippen molar-refractivity contribution in [2.24, 2.45) is 29.5 Å². The minimum Gasteiger partial charge on any atom is -0.411 e. The number of para-hydroxylation sites is 2. The van der Waals surface area contributed by atoms with Crippen LogP contribution in [-0.4, -0.2) is 36.1 Å². The maximum atomic E-state index is 13.5. The van der Waals surface area contributed by atoms with E-state index in [-0.39, 0.29) is 29.4 Å². The summed E-state index contributed by atoms with van der Waals surface area (Å²) in [4.78, 5) is 95.7. The summed E-state index contributed by atoms with van der Waals surface area (Å²) in [5.41, 5.74) is 18.8. The van der Waals surface area contributed by atoms with Crippen LogP contribution in [0.3, 0.4) is 0 Å². The zero-order valence-electron chi connectivity index (χ0n) is 71.3. The highest BCUT2D eigenvalue weighted by atomic mass is 19.4. The molecule has 0 bridgehead atoms. The van der Waals surface area contributed by atoms with Crippen LogP contribution >= 0.6 is 0 Å². The quantitative estimate of drug-likeness (QED) is 0.0658. The molecule has 130 heavy (non-hydrogen) atoms. The van der Waals surface area contributed by atoms with Gasteiger partial charge in [0.05, 0.1) is 56.3 Å². The minimum absolute atomic E-state index is 0.109. The lowest BCUT2D eigenvalue weighted by atomic mass is 9.95. The van der Waals surface area contributed by atoms with Crippen LogP contribution in [0.25, 0.3) is 71.1 Å². The number of halogens is 3. The highest BCUT2D eigenvalue weighted by Gasteiger charge is 2.40. The van der Waals surface area contributed by atoms with E-state index in [1.807, 2.05) is 207 Å². The van der Waals surface area contributed by atoms with Gasteiger partial charge in [0.1, 0.15) is 0 Å². The van der Waals surface area contributed by atoms with Gasteiger partial charge in [-0.25, -0.2) is 0 Å². The van der Waals surface area contributed by atoms with Crippen molar-refractivity contribution in [3.8, 4) is 34.1 Å². The fraction of sp³-hybridized carbons (Fsp3) is 0.0833. The number of rotatable bonds is 16. The second-order valence-electron chi connectivity index (χ2n) is 32.4. The van der Waals surface area contributed by atoms with Gasteiger partial charge in [0.2, 0.25) is 0 Å². The van der Waals surface area contributed by atoms with Crippen molar-refractivity contribution in [2.75, 3.05) is 35.9 Å². The molecule has 8 N–H and O–H groups in total. The SMILES string of the molecule is C=Cc1cccc(N2C(=O)c3c(ON)ccc4cccc2c34)c1.Cc1cc(C)cc(N2C(=O)c3c(ON)ccc4cccc2c34)c1.Cc1ccc(-c2ccc3c4c(cccc24)C(=O)N3CCC(C)C)cc1.NOc1ccc2cccc3c2c1C(=O)N3c1ccc(C(F)(F)F)cc1.NOc1ccc2cccc3c2c1C(=O)N3c1ccc(N(c2ccccc2)c2ccccc2)cc1. The van der Waals surface area contributed by atoms with Crippen molar-refractivity contribution in [2.45, 2.75) is 47.2 Å². The third-order valence-electron chi connectivity index (χ3n) is 23.8. The van der Waals surface area contributed by atoms with Gasteiger partial charge in [-0.15, -0.1) is 0 Å². The maximum absolute atomic E-state index is 13.5. The van der Waals surface area contributed by atoms with Crippen LogP contribution in [0, 0.1) is 26.7 Å². The Morgan fingerprint density at radius 2 is 0.754 bits per heavy atom. The molecule has 0 aromatic heterocycles. The molecule has 17 aromatic rings. The minimum atomic E-state index is -4.43. The van der Waals surface area contributed by atoms with E-state index in [0.29, 0.717) is 62.2 Å². The fourth-order valence-corrected chi connectivity index (χ4v) is 17.9. The zero-order valence-corrected chi connectivity index (χ0v) is 71.3. The van der Waals surface area contributed by atoms with Gasteiger partial charge >= 0.3 is 6.18 Å². The Hall–Kier alpha value is -16.2. The van der Waals surface area contributed by atoms with Gasteiger partial charge < -0.3 is 29.2 Å². The van der Waals surface area contributed by atoms with Crippen molar-refractivity contribution < 1.29 is 56.5 Å². The van der Waals surface area contributed by atoms with Crippen LogP contribution in [0.1, 0.15) is 99.9 Å². The average molecular weight is 1720 g/mol. The van der Waals surface area contributed by atoms with Gasteiger partial charge in [-0.2, -0.15) is 36.8 Å². The number of hydrogen-bond acceptors (Lipinski definition) is 14. The number of aryl methyl sites for hydroxylation is 3. The monoisotopic (exact) mass is 1720 g/mol. The molecule has 0 radical (unpaired) electrons. The summed E-state index contributed by atoms with van der Waals surface area (Å²) in [5.74, 6) is 22.8. The van der Waals surface area contributed by atoms with Crippen molar-refractivity contribution in [1.29, 1.82) is 0 Å². The first kappa shape index (κ1) is 84.6. The van der Waals surface area contributed by atoms with E-state index in [0.717, 1.165) is 147 Å². The Morgan fingerprint density at radius 1 is 0.354 bits per heavy atom. The molecule has 5 aliphatic heterocycles. The highest BCUT2D eigenvalue weighted by Crippen LogP contribution is 2.52. The predicted molar refractivity (Wildman–Crippen MR) is 511 cm³/mol. The first-order valence-electron chi connectivity index (χ1n) is 42.1. The van der Waals surface area contributed by atoms with Crippen LogP contribution in [0.15, 0.2) is 334 Å². The molecule has 17 aromatic carbocycles. The van der Waals surface area contributed by atoms with E-state index in [4.69, 9.17) is 42.9 Å². The van der Waals surface area contributed by atoms with Crippen molar-refractivity contribution in [1.82, 2.24) is 0 Å². The number of hydrogen-bond donors (Lipinski definition) is 4. The summed E-state index contributed by atoms with van der Waals surface area (Å²) in [7, 11) is 0. The molecule has 5 amide bonds. The Balaban J connectivity index is 0.000000110. The number of carbonyl (C=O) groups is 5. The first-order chi connectivity index (χ1) is 63.1. The number of nitrogens with zero attached hydrogens (tertiary/aromatic N) is 6. The summed E-state index contributed by atoms with van der Waals surface area (Å²) in [5, 5.41) is 9.31. The second-order valence-corrected chi connectivity index (χ2v) is 32.4. The number of nitrogens with two attached hydrogens (primary N) is 4. The van der Waals surface area contributed by atoms with Gasteiger partial charge in [0.15, 0.2) is 23.0 Å². The fourth-order valence-electron chi connectivity index (χ4n) is 17.9. The lowest BCUT2D eigenvalue weighted by molar-refractivity contribution is -0.137. The van der Waals surface area contributed by atoms with E-state index in [1.165, 1.54) is 39.1 Å². The van der Waals surface area contributed by atoms with Crippen molar-refractivity contribution >= 4 is 158 Å². The molecule has 0 unspecified atom stereocenters. The second kappa shape index (κ2) is 34.9. The lowest BCUT2D eigenvalue weighted by Crippen LogP contribution is -2.28. The van der Waals surface area contributed by atoms with Gasteiger partial charge in [0, 0.05) is 78.9 Å². The molecule has 0 saturated carbocycles. The Kier molecular flexibility index (Phi) is 22.7. The first-order valence-corrected chi connectivity index (χ1v) is 42.1. The third-order valence-corrected chi connectivity index (χ3v) is 23.8. The largest absolute Gasteiger partial charge is 0.416 e. The van der Waals surface area contributed by atoms with E-state index in [9.17, 15) is 37.1 Å². The summed E-state index contributed by atoms with van der Waals surface area (Å²) in [6.45, 7) is 15.1. The smallest absolute Gasteiger partial charge is 0.411 e. The third kappa shape index (κ3) is 15.3. The summed E-state index contributed by atoms with van der Waals surface area (Å²) in [6.07, 6.45) is -1.66. The molecule has 19 nitrogen and oxygen atoms in total. The van der Waals surface area contributed by atoms with Crippen molar-refractivity contribution in [3.63, 3.8) is 0 Å². The molecular weight excluding hydrogens is 1640 g/mol. The summed E-state index contributed by atoms with van der Waals surface area (Å²) >= 11 is 0.